The van der Waals surface area contributed by atoms with E-state index in [0.29, 0.717) is 5.69 Å². The lowest BCUT2D eigenvalue weighted by atomic mass is 9.80. The molecule has 0 aromatic heterocycles. The highest BCUT2D eigenvalue weighted by atomic mass is 19.1. The van der Waals surface area contributed by atoms with Gasteiger partial charge in [0.15, 0.2) is 0 Å². The van der Waals surface area contributed by atoms with Crippen molar-refractivity contribution >= 4 is 23.2 Å². The third-order valence-corrected chi connectivity index (χ3v) is 5.24. The van der Waals surface area contributed by atoms with E-state index in [2.05, 4.69) is 10.6 Å². The first kappa shape index (κ1) is 15.8. The van der Waals surface area contributed by atoms with Crippen LogP contribution in [0.2, 0.25) is 0 Å². The first-order valence-electron chi connectivity index (χ1n) is 8.57. The van der Waals surface area contributed by atoms with Crippen LogP contribution in [0.15, 0.2) is 42.5 Å². The first-order chi connectivity index (χ1) is 12.1. The number of anilines is 2. The molecular weight excluding hydrogens is 319 g/mol. The van der Waals surface area contributed by atoms with Gasteiger partial charge in [-0.3, -0.25) is 9.59 Å². The van der Waals surface area contributed by atoms with Gasteiger partial charge in [-0.2, -0.15) is 0 Å². The summed E-state index contributed by atoms with van der Waals surface area (Å²) in [5.41, 5.74) is 2.86. The maximum Gasteiger partial charge on any atom is 0.235 e. The molecule has 2 aliphatic rings. The van der Waals surface area contributed by atoms with Gasteiger partial charge in [-0.25, -0.2) is 4.39 Å². The Kier molecular flexibility index (Phi) is 3.79. The van der Waals surface area contributed by atoms with Crippen LogP contribution in [0.5, 0.6) is 0 Å². The maximum atomic E-state index is 12.9. The van der Waals surface area contributed by atoms with Crippen molar-refractivity contribution in [2.45, 2.75) is 37.5 Å². The highest BCUT2D eigenvalue weighted by Crippen LogP contribution is 2.49. The largest absolute Gasteiger partial charge is 0.326 e. The van der Waals surface area contributed by atoms with Gasteiger partial charge >= 0.3 is 0 Å². The van der Waals surface area contributed by atoms with Crippen molar-refractivity contribution in [1.29, 1.82) is 0 Å². The number of amides is 2. The first-order valence-corrected chi connectivity index (χ1v) is 8.57. The highest BCUT2D eigenvalue weighted by Gasteiger charge is 2.48. The fourth-order valence-electron chi connectivity index (χ4n) is 3.96. The molecule has 0 radical (unpaired) electrons. The van der Waals surface area contributed by atoms with Crippen molar-refractivity contribution in [2.75, 3.05) is 10.6 Å². The summed E-state index contributed by atoms with van der Waals surface area (Å²) in [5.74, 6) is -0.402. The van der Waals surface area contributed by atoms with E-state index in [9.17, 15) is 14.0 Å². The van der Waals surface area contributed by atoms with Crippen LogP contribution in [-0.4, -0.2) is 11.8 Å². The summed E-state index contributed by atoms with van der Waals surface area (Å²) in [5, 5.41) is 5.85. The maximum absolute atomic E-state index is 12.9. The minimum atomic E-state index is -0.424. The van der Waals surface area contributed by atoms with Crippen LogP contribution in [0.1, 0.15) is 36.8 Å². The highest BCUT2D eigenvalue weighted by molar-refractivity contribution is 6.07. The minimum Gasteiger partial charge on any atom is -0.326 e. The Bertz CT molecular complexity index is 839. The van der Waals surface area contributed by atoms with E-state index in [1.807, 2.05) is 12.1 Å². The fourth-order valence-corrected chi connectivity index (χ4v) is 3.96. The van der Waals surface area contributed by atoms with E-state index in [4.69, 9.17) is 0 Å². The summed E-state index contributed by atoms with van der Waals surface area (Å²) < 4.78 is 12.9. The number of hydrogen-bond acceptors (Lipinski definition) is 2. The molecule has 0 bridgehead atoms. The van der Waals surface area contributed by atoms with Crippen LogP contribution in [0, 0.1) is 5.82 Å². The molecule has 1 heterocycles. The molecule has 1 spiro atoms. The Balaban J connectivity index is 1.53. The van der Waals surface area contributed by atoms with Gasteiger partial charge in [0.1, 0.15) is 5.82 Å². The lowest BCUT2D eigenvalue weighted by Crippen LogP contribution is -2.31. The van der Waals surface area contributed by atoms with Crippen molar-refractivity contribution in [1.82, 2.24) is 0 Å². The van der Waals surface area contributed by atoms with Crippen molar-refractivity contribution < 1.29 is 14.0 Å². The smallest absolute Gasteiger partial charge is 0.235 e. The fraction of sp³-hybridized carbons (Fsp3) is 0.300. The van der Waals surface area contributed by atoms with Crippen LogP contribution in [-0.2, 0) is 21.4 Å². The Hall–Kier alpha value is -2.69. The summed E-state index contributed by atoms with van der Waals surface area (Å²) in [6, 6.07) is 11.5. The molecule has 4 rings (SSSR count). The van der Waals surface area contributed by atoms with Gasteiger partial charge in [-0.1, -0.05) is 25.0 Å². The van der Waals surface area contributed by atoms with E-state index < -0.39 is 5.41 Å². The minimum absolute atomic E-state index is 0.0785. The normalized spacial score (nSPS) is 17.4. The molecule has 2 amide bonds. The molecule has 2 aromatic carbocycles. The quantitative estimate of drug-likeness (QED) is 0.895. The van der Waals surface area contributed by atoms with E-state index in [1.165, 1.54) is 12.1 Å². The molecule has 128 valence electrons. The number of carbonyl (C=O) groups excluding carboxylic acids is 2. The zero-order valence-corrected chi connectivity index (χ0v) is 13.8. The van der Waals surface area contributed by atoms with E-state index >= 15 is 0 Å². The third kappa shape index (κ3) is 2.80. The van der Waals surface area contributed by atoms with E-state index in [0.717, 1.165) is 42.5 Å². The Morgan fingerprint density at radius 1 is 1.12 bits per heavy atom. The number of halogens is 1. The topological polar surface area (TPSA) is 58.2 Å². The summed E-state index contributed by atoms with van der Waals surface area (Å²) in [7, 11) is 0. The molecule has 0 atom stereocenters. The summed E-state index contributed by atoms with van der Waals surface area (Å²) >= 11 is 0. The summed E-state index contributed by atoms with van der Waals surface area (Å²) in [6.45, 7) is 0. The van der Waals surface area contributed by atoms with Gasteiger partial charge in [0, 0.05) is 11.4 Å². The summed E-state index contributed by atoms with van der Waals surface area (Å²) in [6.07, 6.45) is 4.00. The molecule has 1 aliphatic carbocycles. The van der Waals surface area contributed by atoms with E-state index in [-0.39, 0.29) is 24.1 Å². The van der Waals surface area contributed by atoms with Crippen molar-refractivity contribution in [3.05, 3.63) is 59.4 Å². The average molecular weight is 338 g/mol. The monoisotopic (exact) mass is 338 g/mol. The number of benzene rings is 2. The SMILES string of the molecule is O=C(Cc1ccc(F)cc1)Nc1ccc2c(c1)C1(CCCC1)C(=O)N2. The average Bonchev–Trinajstić information content (AvgIpc) is 3.18. The number of nitrogens with one attached hydrogen (secondary N) is 2. The molecule has 0 saturated heterocycles. The Labute approximate surface area is 145 Å². The van der Waals surface area contributed by atoms with Gasteiger partial charge in [-0.15, -0.1) is 0 Å². The number of rotatable bonds is 3. The van der Waals surface area contributed by atoms with E-state index in [1.54, 1.807) is 18.2 Å². The van der Waals surface area contributed by atoms with Crippen LogP contribution < -0.4 is 10.6 Å². The standard InChI is InChI=1S/C20H19FN2O2/c21-14-5-3-13(4-6-14)11-18(24)22-15-7-8-17-16(12-15)20(19(25)23-17)9-1-2-10-20/h3-8,12H,1-2,9-11H2,(H,22,24)(H,23,25). The second-order valence-electron chi connectivity index (χ2n) is 6.86. The van der Waals surface area contributed by atoms with Gasteiger partial charge in [0.2, 0.25) is 11.8 Å². The molecule has 2 N–H and O–H groups in total. The van der Waals surface area contributed by atoms with Gasteiger partial charge in [0.25, 0.3) is 0 Å². The molecular formula is C20H19FN2O2. The molecule has 2 aromatic rings. The second kappa shape index (κ2) is 5.99. The molecule has 1 fully saturated rings. The zero-order valence-electron chi connectivity index (χ0n) is 13.8. The lowest BCUT2D eigenvalue weighted by Gasteiger charge is -2.21. The molecule has 4 nitrogen and oxygen atoms in total. The second-order valence-corrected chi connectivity index (χ2v) is 6.86. The Morgan fingerprint density at radius 2 is 1.84 bits per heavy atom. The number of carbonyl (C=O) groups is 2. The zero-order chi connectivity index (χ0) is 17.4. The van der Waals surface area contributed by atoms with Crippen molar-refractivity contribution in [3.63, 3.8) is 0 Å². The predicted octanol–water partition coefficient (Wildman–Crippen LogP) is 3.77. The molecule has 1 aliphatic heterocycles. The van der Waals surface area contributed by atoms with Crippen molar-refractivity contribution in [2.24, 2.45) is 0 Å². The molecule has 5 heteroatoms. The van der Waals surface area contributed by atoms with Crippen LogP contribution >= 0.6 is 0 Å². The van der Waals surface area contributed by atoms with Gasteiger partial charge < -0.3 is 10.6 Å². The number of fused-ring (bicyclic) bond motifs is 2. The van der Waals surface area contributed by atoms with Crippen LogP contribution in [0.25, 0.3) is 0 Å². The molecule has 25 heavy (non-hydrogen) atoms. The lowest BCUT2D eigenvalue weighted by molar-refractivity contribution is -0.120. The number of hydrogen-bond donors (Lipinski definition) is 2. The van der Waals surface area contributed by atoms with Crippen molar-refractivity contribution in [3.8, 4) is 0 Å². The molecule has 0 unspecified atom stereocenters. The Morgan fingerprint density at radius 3 is 2.56 bits per heavy atom. The summed E-state index contributed by atoms with van der Waals surface area (Å²) in [4.78, 5) is 24.7. The third-order valence-electron chi connectivity index (χ3n) is 5.24. The van der Waals surface area contributed by atoms with Crippen LogP contribution in [0.4, 0.5) is 15.8 Å². The van der Waals surface area contributed by atoms with Gasteiger partial charge in [-0.05, 0) is 54.3 Å². The van der Waals surface area contributed by atoms with Crippen LogP contribution in [0.3, 0.4) is 0 Å². The predicted molar refractivity (Wildman–Crippen MR) is 94.0 cm³/mol. The van der Waals surface area contributed by atoms with Gasteiger partial charge in [0.05, 0.1) is 11.8 Å². The molecule has 1 saturated carbocycles.